The number of carbonyl (C=O) groups is 2. The fourth-order valence-electron chi connectivity index (χ4n) is 4.34. The fraction of sp³-hybridized carbons (Fsp3) is 0.818. The maximum Gasteiger partial charge on any atom is 0.317 e. The van der Waals surface area contributed by atoms with Crippen LogP contribution in [-0.4, -0.2) is 11.9 Å². The summed E-state index contributed by atoms with van der Waals surface area (Å²) in [4.78, 5) is 23.1. The van der Waals surface area contributed by atoms with E-state index in [0.717, 1.165) is 24.7 Å². The minimum absolute atomic E-state index is 0.0509. The third kappa shape index (κ3) is 0.645. The number of fused-ring (bicyclic) bond motifs is 1. The van der Waals surface area contributed by atoms with Gasteiger partial charge >= 0.3 is 11.9 Å². The molecular formula is C11H12O3. The van der Waals surface area contributed by atoms with E-state index < -0.39 is 0 Å². The van der Waals surface area contributed by atoms with Crippen molar-refractivity contribution < 1.29 is 14.3 Å². The molecule has 2 bridgehead atoms. The average Bonchev–Trinajstić information content (AvgIpc) is 2.92. The van der Waals surface area contributed by atoms with E-state index >= 15 is 0 Å². The lowest BCUT2D eigenvalue weighted by Crippen LogP contribution is -2.43. The lowest BCUT2D eigenvalue weighted by Gasteiger charge is -2.41. The van der Waals surface area contributed by atoms with Gasteiger partial charge in [-0.05, 0) is 42.9 Å². The lowest BCUT2D eigenvalue weighted by atomic mass is 9.59. The molecule has 0 aromatic rings. The fourth-order valence-corrected chi connectivity index (χ4v) is 4.34. The molecule has 6 atom stereocenters. The summed E-state index contributed by atoms with van der Waals surface area (Å²) < 4.78 is 4.78. The maximum absolute atomic E-state index is 11.5. The first-order valence-corrected chi connectivity index (χ1v) is 5.53. The molecule has 0 radical (unpaired) electrons. The lowest BCUT2D eigenvalue weighted by molar-refractivity contribution is -0.154. The van der Waals surface area contributed by atoms with Gasteiger partial charge in [0.2, 0.25) is 0 Å². The Hall–Kier alpha value is -0.860. The Morgan fingerprint density at radius 2 is 1.36 bits per heavy atom. The summed E-state index contributed by atoms with van der Waals surface area (Å²) in [6.07, 6.45) is 3.56. The van der Waals surface area contributed by atoms with Crippen LogP contribution in [0.1, 0.15) is 19.3 Å². The molecule has 0 aromatic heterocycles. The first-order valence-electron chi connectivity index (χ1n) is 5.53. The predicted octanol–water partition coefficient (Wildman–Crippen LogP) is 0.978. The third-order valence-electron chi connectivity index (χ3n) is 4.88. The molecule has 0 spiro atoms. The molecule has 3 heteroatoms. The summed E-state index contributed by atoms with van der Waals surface area (Å²) in [5.41, 5.74) is 0. The van der Waals surface area contributed by atoms with Gasteiger partial charge in [-0.15, -0.1) is 0 Å². The van der Waals surface area contributed by atoms with Gasteiger partial charge in [0.25, 0.3) is 0 Å². The van der Waals surface area contributed by atoms with E-state index in [9.17, 15) is 9.59 Å². The van der Waals surface area contributed by atoms with E-state index in [1.54, 1.807) is 0 Å². The Morgan fingerprint density at radius 1 is 0.857 bits per heavy atom. The van der Waals surface area contributed by atoms with Crippen LogP contribution in [0.3, 0.4) is 0 Å². The highest BCUT2D eigenvalue weighted by Gasteiger charge is 2.67. The topological polar surface area (TPSA) is 43.4 Å². The Labute approximate surface area is 81.8 Å². The van der Waals surface area contributed by atoms with Crippen molar-refractivity contribution in [2.45, 2.75) is 19.3 Å². The van der Waals surface area contributed by atoms with Gasteiger partial charge in [-0.1, -0.05) is 0 Å². The van der Waals surface area contributed by atoms with Crippen molar-refractivity contribution in [1.82, 2.24) is 0 Å². The van der Waals surface area contributed by atoms with E-state index in [2.05, 4.69) is 0 Å². The van der Waals surface area contributed by atoms with Crippen molar-refractivity contribution >= 4 is 11.9 Å². The average molecular weight is 192 g/mol. The van der Waals surface area contributed by atoms with Gasteiger partial charge in [-0.2, -0.15) is 0 Å². The van der Waals surface area contributed by atoms with Gasteiger partial charge in [0, 0.05) is 0 Å². The summed E-state index contributed by atoms with van der Waals surface area (Å²) in [5.74, 6) is 1.93. The summed E-state index contributed by atoms with van der Waals surface area (Å²) in [6, 6.07) is 0. The van der Waals surface area contributed by atoms with E-state index in [1.165, 1.54) is 6.42 Å². The second-order valence-corrected chi connectivity index (χ2v) is 5.26. The SMILES string of the molecule is O=C1OC(=O)[C@H]2C3CCC(C4CC43)[C@@H]12. The van der Waals surface area contributed by atoms with Crippen LogP contribution >= 0.6 is 0 Å². The van der Waals surface area contributed by atoms with Crippen molar-refractivity contribution in [1.29, 1.82) is 0 Å². The predicted molar refractivity (Wildman–Crippen MR) is 45.9 cm³/mol. The van der Waals surface area contributed by atoms with Crippen LogP contribution in [0.2, 0.25) is 0 Å². The van der Waals surface area contributed by atoms with E-state index in [1.807, 2.05) is 0 Å². The highest BCUT2D eigenvalue weighted by atomic mass is 16.6. The number of hydrogen-bond acceptors (Lipinski definition) is 3. The first-order chi connectivity index (χ1) is 6.77. The minimum atomic E-state index is -0.222. The second-order valence-electron chi connectivity index (χ2n) is 5.26. The number of hydrogen-bond donors (Lipinski definition) is 0. The molecule has 4 aliphatic carbocycles. The van der Waals surface area contributed by atoms with E-state index in [-0.39, 0.29) is 23.8 Å². The molecule has 5 aliphatic rings. The van der Waals surface area contributed by atoms with Crippen molar-refractivity contribution in [3.8, 4) is 0 Å². The quantitative estimate of drug-likeness (QED) is 0.424. The molecule has 1 heterocycles. The van der Waals surface area contributed by atoms with Gasteiger partial charge in [-0.3, -0.25) is 9.59 Å². The maximum atomic E-state index is 11.5. The molecule has 0 N–H and O–H groups in total. The molecule has 14 heavy (non-hydrogen) atoms. The van der Waals surface area contributed by atoms with Crippen LogP contribution in [-0.2, 0) is 14.3 Å². The van der Waals surface area contributed by atoms with Gasteiger partial charge in [0.15, 0.2) is 0 Å². The standard InChI is InChI=1S/C11H12O3/c12-10-8-4-1-2-5(7-3-6(4)7)9(8)11(13)14-10/h4-9H,1-3H2/t4?,5?,6?,7?,8-,9+. The Kier molecular flexibility index (Phi) is 1.09. The smallest absolute Gasteiger partial charge is 0.317 e. The normalized spacial score (nSPS) is 58.0. The highest BCUT2D eigenvalue weighted by Crippen LogP contribution is 2.67. The zero-order valence-electron chi connectivity index (χ0n) is 7.81. The number of ether oxygens (including phenoxy) is 1. The van der Waals surface area contributed by atoms with Crippen LogP contribution < -0.4 is 0 Å². The van der Waals surface area contributed by atoms with Crippen molar-refractivity contribution in [3.05, 3.63) is 0 Å². The van der Waals surface area contributed by atoms with E-state index in [4.69, 9.17) is 4.74 Å². The number of cyclic esters (lactones) is 2. The molecule has 5 rings (SSSR count). The van der Waals surface area contributed by atoms with Gasteiger partial charge in [0.05, 0.1) is 11.8 Å². The molecular weight excluding hydrogens is 180 g/mol. The van der Waals surface area contributed by atoms with Crippen molar-refractivity contribution in [2.24, 2.45) is 35.5 Å². The van der Waals surface area contributed by atoms with Crippen molar-refractivity contribution in [3.63, 3.8) is 0 Å². The molecule has 74 valence electrons. The Balaban J connectivity index is 1.83. The van der Waals surface area contributed by atoms with Crippen LogP contribution in [0, 0.1) is 35.5 Å². The molecule has 0 amide bonds. The highest BCUT2D eigenvalue weighted by molar-refractivity contribution is 5.97. The Morgan fingerprint density at radius 3 is 1.86 bits per heavy atom. The van der Waals surface area contributed by atoms with Crippen LogP contribution in [0.25, 0.3) is 0 Å². The largest absolute Gasteiger partial charge is 0.393 e. The first kappa shape index (κ1) is 7.43. The Bertz CT molecular complexity index is 316. The van der Waals surface area contributed by atoms with Gasteiger partial charge in [-0.25, -0.2) is 0 Å². The molecule has 1 saturated heterocycles. The molecule has 3 nitrogen and oxygen atoms in total. The number of esters is 2. The van der Waals surface area contributed by atoms with Crippen LogP contribution in [0.4, 0.5) is 0 Å². The van der Waals surface area contributed by atoms with Crippen LogP contribution in [0.15, 0.2) is 0 Å². The third-order valence-corrected chi connectivity index (χ3v) is 4.88. The summed E-state index contributed by atoms with van der Waals surface area (Å²) in [5, 5.41) is 0. The monoisotopic (exact) mass is 192 g/mol. The van der Waals surface area contributed by atoms with Crippen molar-refractivity contribution in [2.75, 3.05) is 0 Å². The molecule has 5 fully saturated rings. The summed E-state index contributed by atoms with van der Waals surface area (Å²) in [7, 11) is 0. The van der Waals surface area contributed by atoms with Gasteiger partial charge in [0.1, 0.15) is 0 Å². The number of rotatable bonds is 0. The molecule has 4 saturated carbocycles. The zero-order chi connectivity index (χ0) is 9.45. The van der Waals surface area contributed by atoms with Gasteiger partial charge < -0.3 is 4.74 Å². The summed E-state index contributed by atoms with van der Waals surface area (Å²) >= 11 is 0. The summed E-state index contributed by atoms with van der Waals surface area (Å²) in [6.45, 7) is 0. The molecule has 1 aliphatic heterocycles. The molecule has 0 aromatic carbocycles. The van der Waals surface area contributed by atoms with Crippen LogP contribution in [0.5, 0.6) is 0 Å². The zero-order valence-corrected chi connectivity index (χ0v) is 7.81. The molecule has 4 unspecified atom stereocenters. The van der Waals surface area contributed by atoms with E-state index in [0.29, 0.717) is 11.8 Å². The second kappa shape index (κ2) is 2.05. The minimum Gasteiger partial charge on any atom is -0.393 e. The number of carbonyl (C=O) groups excluding carboxylic acids is 2.